The average molecular weight is 381 g/mol. The van der Waals surface area contributed by atoms with Crippen molar-refractivity contribution < 1.29 is 27.7 Å². The maximum absolute atomic E-state index is 12.8. The van der Waals surface area contributed by atoms with Crippen LogP contribution in [-0.2, 0) is 10.0 Å². The van der Waals surface area contributed by atoms with E-state index in [4.69, 9.17) is 14.2 Å². The first-order valence-electron chi connectivity index (χ1n) is 7.84. The minimum absolute atomic E-state index is 0.0552. The highest BCUT2D eigenvalue weighted by molar-refractivity contribution is 7.89. The molecule has 0 saturated heterocycles. The zero-order valence-electron chi connectivity index (χ0n) is 15.2. The third-order valence-corrected chi connectivity index (χ3v) is 5.81. The van der Waals surface area contributed by atoms with Crippen molar-refractivity contribution in [3.63, 3.8) is 0 Å². The number of methoxy groups -OCH3 is 3. The van der Waals surface area contributed by atoms with Gasteiger partial charge >= 0.3 is 0 Å². The SMILES string of the molecule is COc1ccc(C(O)CN(C)S(=O)(=O)c2ccc(OC)c(OC)c2)cc1. The third kappa shape index (κ3) is 4.27. The van der Waals surface area contributed by atoms with Gasteiger partial charge in [0.05, 0.1) is 32.3 Å². The minimum Gasteiger partial charge on any atom is -0.497 e. The molecule has 2 aromatic rings. The lowest BCUT2D eigenvalue weighted by Gasteiger charge is -2.21. The van der Waals surface area contributed by atoms with E-state index < -0.39 is 16.1 Å². The molecule has 0 aliphatic rings. The van der Waals surface area contributed by atoms with E-state index in [1.54, 1.807) is 31.4 Å². The molecular formula is C18H23NO6S. The summed E-state index contributed by atoms with van der Waals surface area (Å²) in [5, 5.41) is 10.4. The molecule has 1 unspecified atom stereocenters. The fourth-order valence-electron chi connectivity index (χ4n) is 2.43. The lowest BCUT2D eigenvalue weighted by molar-refractivity contribution is 0.155. The maximum atomic E-state index is 12.8. The number of hydrogen-bond donors (Lipinski definition) is 1. The molecule has 0 heterocycles. The van der Waals surface area contributed by atoms with Crippen LogP contribution in [0.3, 0.4) is 0 Å². The molecule has 7 nitrogen and oxygen atoms in total. The predicted octanol–water partition coefficient (Wildman–Crippen LogP) is 2.07. The molecule has 2 aromatic carbocycles. The fourth-order valence-corrected chi connectivity index (χ4v) is 3.62. The minimum atomic E-state index is -3.80. The standard InChI is InChI=1S/C18H23NO6S/c1-19(12-16(20)13-5-7-14(23-2)8-6-13)26(21,22)15-9-10-17(24-3)18(11-15)25-4/h5-11,16,20H,12H2,1-4H3. The quantitative estimate of drug-likeness (QED) is 0.753. The summed E-state index contributed by atoms with van der Waals surface area (Å²) in [6.45, 7) is -0.0942. The summed E-state index contributed by atoms with van der Waals surface area (Å²) in [4.78, 5) is 0.0552. The number of benzene rings is 2. The van der Waals surface area contributed by atoms with Crippen molar-refractivity contribution in [2.45, 2.75) is 11.0 Å². The molecule has 1 atom stereocenters. The van der Waals surface area contributed by atoms with Gasteiger partial charge in [0.25, 0.3) is 0 Å². The van der Waals surface area contributed by atoms with Gasteiger partial charge in [-0.3, -0.25) is 0 Å². The first-order chi connectivity index (χ1) is 12.3. The van der Waals surface area contributed by atoms with Crippen LogP contribution in [0.1, 0.15) is 11.7 Å². The Hall–Kier alpha value is -2.29. The van der Waals surface area contributed by atoms with Crippen LogP contribution < -0.4 is 14.2 Å². The van der Waals surface area contributed by atoms with Crippen molar-refractivity contribution in [1.29, 1.82) is 0 Å². The van der Waals surface area contributed by atoms with Gasteiger partial charge in [-0.15, -0.1) is 0 Å². The number of sulfonamides is 1. The molecule has 0 spiro atoms. The van der Waals surface area contributed by atoms with Crippen molar-refractivity contribution in [2.75, 3.05) is 34.9 Å². The molecule has 0 aliphatic carbocycles. The van der Waals surface area contributed by atoms with Crippen LogP contribution in [0.25, 0.3) is 0 Å². The highest BCUT2D eigenvalue weighted by Gasteiger charge is 2.25. The van der Waals surface area contributed by atoms with Gasteiger partial charge in [0, 0.05) is 19.7 Å². The van der Waals surface area contributed by atoms with Crippen LogP contribution in [0.5, 0.6) is 17.2 Å². The van der Waals surface area contributed by atoms with Gasteiger partial charge in [0.2, 0.25) is 10.0 Å². The Morgan fingerprint density at radius 3 is 2.12 bits per heavy atom. The Labute approximate surface area is 153 Å². The molecule has 26 heavy (non-hydrogen) atoms. The molecular weight excluding hydrogens is 358 g/mol. The normalized spacial score (nSPS) is 12.7. The first kappa shape index (κ1) is 20.0. The van der Waals surface area contributed by atoms with E-state index in [1.165, 1.54) is 39.5 Å². The van der Waals surface area contributed by atoms with E-state index in [2.05, 4.69) is 0 Å². The second-order valence-corrected chi connectivity index (χ2v) is 7.64. The number of rotatable bonds is 8. The lowest BCUT2D eigenvalue weighted by Crippen LogP contribution is -2.31. The molecule has 0 radical (unpaired) electrons. The second kappa shape index (κ2) is 8.39. The Balaban J connectivity index is 2.20. The van der Waals surface area contributed by atoms with Crippen molar-refractivity contribution >= 4 is 10.0 Å². The van der Waals surface area contributed by atoms with Crippen molar-refractivity contribution in [3.8, 4) is 17.2 Å². The van der Waals surface area contributed by atoms with Crippen molar-refractivity contribution in [1.82, 2.24) is 4.31 Å². The number of aliphatic hydroxyl groups excluding tert-OH is 1. The Morgan fingerprint density at radius 2 is 1.58 bits per heavy atom. The van der Waals surface area contributed by atoms with E-state index in [0.717, 1.165) is 4.31 Å². The number of hydrogen-bond acceptors (Lipinski definition) is 6. The smallest absolute Gasteiger partial charge is 0.243 e. The number of ether oxygens (including phenoxy) is 3. The van der Waals surface area contributed by atoms with Gasteiger partial charge in [-0.2, -0.15) is 4.31 Å². The zero-order valence-corrected chi connectivity index (χ0v) is 16.0. The van der Waals surface area contributed by atoms with E-state index in [9.17, 15) is 13.5 Å². The van der Waals surface area contributed by atoms with Gasteiger partial charge < -0.3 is 19.3 Å². The Bertz CT molecular complexity index is 835. The Morgan fingerprint density at radius 1 is 0.962 bits per heavy atom. The summed E-state index contributed by atoms with van der Waals surface area (Å²) in [6, 6.07) is 11.2. The lowest BCUT2D eigenvalue weighted by atomic mass is 10.1. The highest BCUT2D eigenvalue weighted by atomic mass is 32.2. The van der Waals surface area contributed by atoms with Gasteiger partial charge in [-0.05, 0) is 29.8 Å². The number of likely N-dealkylation sites (N-methyl/N-ethyl adjacent to an activating group) is 1. The van der Waals surface area contributed by atoms with Crippen LogP contribution in [0, 0.1) is 0 Å². The summed E-state index contributed by atoms with van der Waals surface area (Å²) < 4.78 is 42.0. The van der Waals surface area contributed by atoms with Gasteiger partial charge in [-0.1, -0.05) is 12.1 Å². The zero-order chi connectivity index (χ0) is 19.3. The van der Waals surface area contributed by atoms with Crippen molar-refractivity contribution in [2.24, 2.45) is 0 Å². The molecule has 0 aliphatic heterocycles. The van der Waals surface area contributed by atoms with Gasteiger partial charge in [0.15, 0.2) is 11.5 Å². The molecule has 0 fully saturated rings. The average Bonchev–Trinajstić information content (AvgIpc) is 2.67. The summed E-state index contributed by atoms with van der Waals surface area (Å²) >= 11 is 0. The maximum Gasteiger partial charge on any atom is 0.243 e. The summed E-state index contributed by atoms with van der Waals surface area (Å²) in [5.41, 5.74) is 0.597. The topological polar surface area (TPSA) is 85.3 Å². The van der Waals surface area contributed by atoms with Crippen LogP contribution >= 0.6 is 0 Å². The molecule has 0 amide bonds. The van der Waals surface area contributed by atoms with E-state index >= 15 is 0 Å². The van der Waals surface area contributed by atoms with Crippen LogP contribution in [0.15, 0.2) is 47.4 Å². The monoisotopic (exact) mass is 381 g/mol. The van der Waals surface area contributed by atoms with Gasteiger partial charge in [0.1, 0.15) is 5.75 Å². The van der Waals surface area contributed by atoms with Crippen molar-refractivity contribution in [3.05, 3.63) is 48.0 Å². The van der Waals surface area contributed by atoms with Crippen LogP contribution in [-0.4, -0.2) is 52.8 Å². The summed E-state index contributed by atoms with van der Waals surface area (Å²) in [5.74, 6) is 1.41. The van der Waals surface area contributed by atoms with Gasteiger partial charge in [-0.25, -0.2) is 8.42 Å². The number of aliphatic hydroxyl groups is 1. The van der Waals surface area contributed by atoms with Crippen LogP contribution in [0.4, 0.5) is 0 Å². The fraction of sp³-hybridized carbons (Fsp3) is 0.333. The third-order valence-electron chi connectivity index (χ3n) is 3.99. The molecule has 1 N–H and O–H groups in total. The molecule has 0 bridgehead atoms. The van der Waals surface area contributed by atoms with E-state index in [1.807, 2.05) is 0 Å². The summed E-state index contributed by atoms with van der Waals surface area (Å²) in [6.07, 6.45) is -0.971. The predicted molar refractivity (Wildman–Crippen MR) is 97.3 cm³/mol. The molecule has 142 valence electrons. The second-order valence-electron chi connectivity index (χ2n) is 5.59. The van der Waals surface area contributed by atoms with Crippen LogP contribution in [0.2, 0.25) is 0 Å². The molecule has 2 rings (SSSR count). The largest absolute Gasteiger partial charge is 0.497 e. The first-order valence-corrected chi connectivity index (χ1v) is 9.28. The highest BCUT2D eigenvalue weighted by Crippen LogP contribution is 2.30. The van der Waals surface area contributed by atoms with E-state index in [0.29, 0.717) is 22.8 Å². The summed E-state index contributed by atoms with van der Waals surface area (Å²) in [7, 11) is 2.08. The Kier molecular flexibility index (Phi) is 6.47. The molecule has 0 aromatic heterocycles. The van der Waals surface area contributed by atoms with E-state index in [-0.39, 0.29) is 11.4 Å². The number of nitrogens with zero attached hydrogens (tertiary/aromatic N) is 1. The molecule has 8 heteroatoms. The molecule has 0 saturated carbocycles.